The molecule has 4 heteroatoms. The van der Waals surface area contributed by atoms with E-state index in [0.29, 0.717) is 12.0 Å². The molecule has 0 bridgehead atoms. The molecule has 1 aromatic rings. The van der Waals surface area contributed by atoms with E-state index >= 15 is 0 Å². The van der Waals surface area contributed by atoms with Gasteiger partial charge in [-0.05, 0) is 25.3 Å². The fraction of sp³-hybridized carbons (Fsp3) is 0.647. The average molecular weight is 333 g/mol. The van der Waals surface area contributed by atoms with Crippen molar-refractivity contribution >= 4 is 24.8 Å². The first-order chi connectivity index (χ1) is 9.11. The molecule has 122 valence electrons. The number of piperazine rings is 1. The van der Waals surface area contributed by atoms with Crippen molar-refractivity contribution in [1.29, 1.82) is 0 Å². The van der Waals surface area contributed by atoms with Gasteiger partial charge in [0.2, 0.25) is 0 Å². The quantitative estimate of drug-likeness (QED) is 0.891. The number of benzene rings is 1. The predicted octanol–water partition coefficient (Wildman–Crippen LogP) is 4.14. The SMILES string of the molecule is CCC(C)[C@@H](c1cc(C)cc(C)c1)N1CCNCC1.Cl.Cl. The fourth-order valence-corrected chi connectivity index (χ4v) is 3.26. The Labute approximate surface area is 142 Å². The second-order valence-electron chi connectivity index (χ2n) is 6.04. The van der Waals surface area contributed by atoms with Crippen LogP contribution in [0, 0.1) is 19.8 Å². The van der Waals surface area contributed by atoms with E-state index in [4.69, 9.17) is 0 Å². The Bertz CT molecular complexity index is 397. The molecule has 1 aromatic carbocycles. The lowest BCUT2D eigenvalue weighted by atomic mass is 9.89. The molecule has 1 heterocycles. The molecule has 1 aliphatic heterocycles. The Morgan fingerprint density at radius 2 is 1.57 bits per heavy atom. The third-order valence-corrected chi connectivity index (χ3v) is 4.31. The van der Waals surface area contributed by atoms with Gasteiger partial charge in [0.15, 0.2) is 0 Å². The van der Waals surface area contributed by atoms with Crippen LogP contribution in [0.5, 0.6) is 0 Å². The highest BCUT2D eigenvalue weighted by atomic mass is 35.5. The van der Waals surface area contributed by atoms with Gasteiger partial charge in [0, 0.05) is 32.2 Å². The number of hydrogen-bond acceptors (Lipinski definition) is 2. The summed E-state index contributed by atoms with van der Waals surface area (Å²) in [4.78, 5) is 2.67. The van der Waals surface area contributed by atoms with E-state index in [-0.39, 0.29) is 24.8 Å². The molecule has 2 atom stereocenters. The van der Waals surface area contributed by atoms with Crippen LogP contribution in [0.25, 0.3) is 0 Å². The van der Waals surface area contributed by atoms with E-state index in [1.54, 1.807) is 0 Å². The molecule has 0 amide bonds. The maximum absolute atomic E-state index is 3.46. The van der Waals surface area contributed by atoms with Crippen molar-refractivity contribution in [3.05, 3.63) is 34.9 Å². The van der Waals surface area contributed by atoms with Crippen LogP contribution in [-0.2, 0) is 0 Å². The standard InChI is InChI=1S/C17H28N2.2ClH/c1-5-15(4)17(19-8-6-18-7-9-19)16-11-13(2)10-14(3)12-16;;/h10-12,15,17-18H,5-9H2,1-4H3;2*1H/t15?,17-;;/m0../s1. The summed E-state index contributed by atoms with van der Waals surface area (Å²) in [5.41, 5.74) is 4.28. The molecule has 2 nitrogen and oxygen atoms in total. The second kappa shape index (κ2) is 9.68. The molecule has 0 spiro atoms. The van der Waals surface area contributed by atoms with Crippen molar-refractivity contribution in [3.8, 4) is 0 Å². The Hall–Kier alpha value is -0.280. The number of nitrogens with zero attached hydrogens (tertiary/aromatic N) is 1. The second-order valence-corrected chi connectivity index (χ2v) is 6.04. The van der Waals surface area contributed by atoms with E-state index in [0.717, 1.165) is 13.1 Å². The smallest absolute Gasteiger partial charge is 0.0374 e. The summed E-state index contributed by atoms with van der Waals surface area (Å²) >= 11 is 0. The number of rotatable bonds is 4. The van der Waals surface area contributed by atoms with Crippen LogP contribution in [0.1, 0.15) is 43.0 Å². The van der Waals surface area contributed by atoms with Gasteiger partial charge in [0.05, 0.1) is 0 Å². The average Bonchev–Trinajstić information content (AvgIpc) is 2.39. The zero-order valence-electron chi connectivity index (χ0n) is 13.7. The molecule has 21 heavy (non-hydrogen) atoms. The first-order valence-corrected chi connectivity index (χ1v) is 7.64. The van der Waals surface area contributed by atoms with Gasteiger partial charge in [-0.3, -0.25) is 4.90 Å². The van der Waals surface area contributed by atoms with Crippen molar-refractivity contribution in [3.63, 3.8) is 0 Å². The highest BCUT2D eigenvalue weighted by molar-refractivity contribution is 5.85. The van der Waals surface area contributed by atoms with Crippen LogP contribution in [0.15, 0.2) is 18.2 Å². The zero-order valence-corrected chi connectivity index (χ0v) is 15.3. The van der Waals surface area contributed by atoms with E-state index in [9.17, 15) is 0 Å². The normalized spacial score (nSPS) is 18.3. The molecule has 0 saturated carbocycles. The van der Waals surface area contributed by atoms with Gasteiger partial charge in [-0.2, -0.15) is 0 Å². The van der Waals surface area contributed by atoms with Gasteiger partial charge in [-0.25, -0.2) is 0 Å². The third-order valence-electron chi connectivity index (χ3n) is 4.31. The van der Waals surface area contributed by atoms with Gasteiger partial charge in [0.25, 0.3) is 0 Å². The lowest BCUT2D eigenvalue weighted by molar-refractivity contribution is 0.128. The number of aryl methyl sites for hydroxylation is 2. The molecule has 1 unspecified atom stereocenters. The van der Waals surface area contributed by atoms with Crippen LogP contribution in [-0.4, -0.2) is 31.1 Å². The summed E-state index contributed by atoms with van der Waals surface area (Å²) < 4.78 is 0. The first-order valence-electron chi connectivity index (χ1n) is 7.64. The highest BCUT2D eigenvalue weighted by Crippen LogP contribution is 2.32. The maximum Gasteiger partial charge on any atom is 0.0374 e. The highest BCUT2D eigenvalue weighted by Gasteiger charge is 2.26. The Kier molecular flexibility index (Phi) is 9.55. The van der Waals surface area contributed by atoms with E-state index in [1.165, 1.54) is 36.2 Å². The van der Waals surface area contributed by atoms with Gasteiger partial charge in [0.1, 0.15) is 0 Å². The lowest BCUT2D eigenvalue weighted by Crippen LogP contribution is -2.46. The van der Waals surface area contributed by atoms with Crippen LogP contribution in [0.2, 0.25) is 0 Å². The Balaban J connectivity index is 0.00000200. The summed E-state index contributed by atoms with van der Waals surface area (Å²) in [6.07, 6.45) is 1.24. The third kappa shape index (κ3) is 5.45. The zero-order chi connectivity index (χ0) is 13.8. The van der Waals surface area contributed by atoms with Gasteiger partial charge in [-0.1, -0.05) is 49.6 Å². The molecular weight excluding hydrogens is 303 g/mol. The fourth-order valence-electron chi connectivity index (χ4n) is 3.26. The molecule has 2 rings (SSSR count). The Morgan fingerprint density at radius 3 is 2.05 bits per heavy atom. The summed E-state index contributed by atoms with van der Waals surface area (Å²) in [7, 11) is 0. The van der Waals surface area contributed by atoms with E-state index in [2.05, 4.69) is 56.1 Å². The summed E-state index contributed by atoms with van der Waals surface area (Å²) in [5, 5.41) is 3.46. The minimum atomic E-state index is 0. The molecule has 1 fully saturated rings. The molecule has 0 aromatic heterocycles. The monoisotopic (exact) mass is 332 g/mol. The van der Waals surface area contributed by atoms with Crippen molar-refractivity contribution < 1.29 is 0 Å². The molecule has 1 aliphatic rings. The Morgan fingerprint density at radius 1 is 1.05 bits per heavy atom. The minimum Gasteiger partial charge on any atom is -0.314 e. The van der Waals surface area contributed by atoms with Gasteiger partial charge < -0.3 is 5.32 Å². The predicted molar refractivity (Wildman–Crippen MR) is 97.1 cm³/mol. The number of nitrogens with one attached hydrogen (secondary N) is 1. The summed E-state index contributed by atoms with van der Waals surface area (Å²) in [6, 6.07) is 7.61. The minimum absolute atomic E-state index is 0. The maximum atomic E-state index is 3.46. The number of hydrogen-bond donors (Lipinski definition) is 1. The molecule has 1 N–H and O–H groups in total. The molecular formula is C17H30Cl2N2. The van der Waals surface area contributed by atoms with Crippen LogP contribution >= 0.6 is 24.8 Å². The largest absolute Gasteiger partial charge is 0.314 e. The van der Waals surface area contributed by atoms with Gasteiger partial charge >= 0.3 is 0 Å². The lowest BCUT2D eigenvalue weighted by Gasteiger charge is -2.38. The van der Waals surface area contributed by atoms with Crippen LogP contribution in [0.3, 0.4) is 0 Å². The number of halogens is 2. The summed E-state index contributed by atoms with van der Waals surface area (Å²) in [5.74, 6) is 0.708. The molecule has 0 radical (unpaired) electrons. The van der Waals surface area contributed by atoms with Crippen molar-refractivity contribution in [2.75, 3.05) is 26.2 Å². The van der Waals surface area contributed by atoms with Crippen molar-refractivity contribution in [2.45, 2.75) is 40.2 Å². The van der Waals surface area contributed by atoms with E-state index in [1.807, 2.05) is 0 Å². The molecule has 1 saturated heterocycles. The van der Waals surface area contributed by atoms with E-state index < -0.39 is 0 Å². The topological polar surface area (TPSA) is 15.3 Å². The van der Waals surface area contributed by atoms with Gasteiger partial charge in [-0.15, -0.1) is 24.8 Å². The van der Waals surface area contributed by atoms with Crippen molar-refractivity contribution in [1.82, 2.24) is 10.2 Å². The molecule has 0 aliphatic carbocycles. The summed E-state index contributed by atoms with van der Waals surface area (Å²) in [6.45, 7) is 13.7. The first kappa shape index (κ1) is 20.7. The van der Waals surface area contributed by atoms with Crippen LogP contribution < -0.4 is 5.32 Å². The van der Waals surface area contributed by atoms with Crippen molar-refractivity contribution in [2.24, 2.45) is 5.92 Å². The van der Waals surface area contributed by atoms with Crippen LogP contribution in [0.4, 0.5) is 0 Å².